The standard InChI is InChI=1S/C15H24O4.C12H10F8O4.C11H16O4.C10H10F4O4.C9H12O4/c1-3-14(16)18-12-10-8-6-5-7-9-11-13-19-15(17)4-2;1-3-7(21)23-5-9(13,14)11(17,18)12(19,20)10(15,16)6-24-8(22)4-2;1-3-10(12)14-8-6-5-7-9-15-11(13)4-2;1-3-7(15)17-5-9(11,12)10(13,14)6-18-8(16)4-2;1-3-8(10)12-6-5-7-13-9(11)4-2/h3-4H,1-2,5-13H2;3-4H,1-2,5-6H2;3-4H,1-2,5-9H2;3-4H,1-2,5-6H2;3-4H,1-2,5-7H2. The van der Waals surface area contributed by atoms with Crippen LogP contribution in [-0.2, 0) is 95.3 Å². The first-order valence-electron chi connectivity index (χ1n) is 25.6. The molecule has 0 saturated heterocycles. The number of esters is 10. The second kappa shape index (κ2) is 50.3. The van der Waals surface area contributed by atoms with Gasteiger partial charge >= 0.3 is 95.2 Å². The van der Waals surface area contributed by atoms with Gasteiger partial charge in [-0.15, -0.1) is 0 Å². The first-order chi connectivity index (χ1) is 41.4. The van der Waals surface area contributed by atoms with Crippen LogP contribution in [0.15, 0.2) is 127 Å². The van der Waals surface area contributed by atoms with E-state index < -0.39 is 110 Å². The van der Waals surface area contributed by atoms with Crippen molar-refractivity contribution in [3.63, 3.8) is 0 Å². The van der Waals surface area contributed by atoms with Crippen LogP contribution in [0.1, 0.15) is 70.6 Å². The molecule has 0 saturated carbocycles. The summed E-state index contributed by atoms with van der Waals surface area (Å²) in [5, 5.41) is 0. The summed E-state index contributed by atoms with van der Waals surface area (Å²) in [6.07, 6.45) is 18.6. The molecule has 0 aromatic carbocycles. The lowest BCUT2D eigenvalue weighted by atomic mass is 9.99. The third kappa shape index (κ3) is 44.4. The van der Waals surface area contributed by atoms with Gasteiger partial charge in [0.1, 0.15) is 0 Å². The molecular weight excluding hydrogens is 1230 g/mol. The highest BCUT2D eigenvalue weighted by atomic mass is 19.4. The molecule has 0 fully saturated rings. The molecule has 504 valence electrons. The lowest BCUT2D eigenvalue weighted by Gasteiger charge is -2.36. The van der Waals surface area contributed by atoms with Crippen LogP contribution in [0.5, 0.6) is 0 Å². The monoisotopic (exact) mass is 1300 g/mol. The molecule has 0 atom stereocenters. The summed E-state index contributed by atoms with van der Waals surface area (Å²) in [4.78, 5) is 106. The highest BCUT2D eigenvalue weighted by Crippen LogP contribution is 2.52. The lowest BCUT2D eigenvalue weighted by molar-refractivity contribution is -0.374. The van der Waals surface area contributed by atoms with Crippen molar-refractivity contribution in [1.82, 2.24) is 0 Å². The summed E-state index contributed by atoms with van der Waals surface area (Å²) < 4.78 is 201. The van der Waals surface area contributed by atoms with Crippen LogP contribution in [0.25, 0.3) is 0 Å². The Morgan fingerprint density at radius 1 is 0.213 bits per heavy atom. The number of hydrogen-bond acceptors (Lipinski definition) is 20. The van der Waals surface area contributed by atoms with E-state index in [1.165, 1.54) is 12.2 Å². The Morgan fingerprint density at radius 2 is 0.348 bits per heavy atom. The van der Waals surface area contributed by atoms with Crippen LogP contribution < -0.4 is 0 Å². The zero-order valence-corrected chi connectivity index (χ0v) is 48.4. The fraction of sp³-hybridized carbons (Fsp3) is 0.474. The Bertz CT molecular complexity index is 2170. The number of unbranched alkanes of at least 4 members (excludes halogenated alkanes) is 8. The maximum Gasteiger partial charge on any atom is 0.381 e. The molecule has 0 aliphatic heterocycles. The molecule has 0 aliphatic carbocycles. The van der Waals surface area contributed by atoms with Crippen molar-refractivity contribution in [3.05, 3.63) is 127 Å². The smallest absolute Gasteiger partial charge is 0.381 e. The van der Waals surface area contributed by atoms with Gasteiger partial charge in [-0.05, 0) is 32.1 Å². The number of hydrogen-bond donors (Lipinski definition) is 0. The summed E-state index contributed by atoms with van der Waals surface area (Å²) in [7, 11) is 0. The zero-order chi connectivity index (χ0) is 69.8. The summed E-state index contributed by atoms with van der Waals surface area (Å²) >= 11 is 0. The molecule has 0 rings (SSSR count). The van der Waals surface area contributed by atoms with Gasteiger partial charge in [0.2, 0.25) is 0 Å². The van der Waals surface area contributed by atoms with Crippen LogP contribution in [0.3, 0.4) is 0 Å². The molecule has 20 nitrogen and oxygen atoms in total. The predicted molar refractivity (Wildman–Crippen MR) is 292 cm³/mol. The Kier molecular flexibility index (Phi) is 50.3. The molecule has 89 heavy (non-hydrogen) atoms. The van der Waals surface area contributed by atoms with E-state index in [0.717, 1.165) is 88.5 Å². The van der Waals surface area contributed by atoms with Gasteiger partial charge in [0.15, 0.2) is 26.4 Å². The van der Waals surface area contributed by atoms with Gasteiger partial charge in [0.05, 0.1) is 39.6 Å². The number of ether oxygens (including phenoxy) is 10. The van der Waals surface area contributed by atoms with Crippen LogP contribution in [0.2, 0.25) is 0 Å². The molecule has 0 heterocycles. The highest BCUT2D eigenvalue weighted by Gasteiger charge is 2.81. The van der Waals surface area contributed by atoms with Gasteiger partial charge in [-0.3, -0.25) is 0 Å². The van der Waals surface area contributed by atoms with Gasteiger partial charge in [-0.1, -0.05) is 97.9 Å². The fourth-order valence-corrected chi connectivity index (χ4v) is 4.65. The van der Waals surface area contributed by atoms with Gasteiger partial charge in [-0.2, -0.15) is 52.7 Å². The van der Waals surface area contributed by atoms with Crippen molar-refractivity contribution < 1.29 is 148 Å². The average molecular weight is 1310 g/mol. The third-order valence-corrected chi connectivity index (χ3v) is 9.43. The second-order valence-electron chi connectivity index (χ2n) is 16.3. The van der Waals surface area contributed by atoms with Crippen molar-refractivity contribution in [2.45, 2.75) is 106 Å². The molecule has 0 N–H and O–H groups in total. The van der Waals surface area contributed by atoms with E-state index in [0.29, 0.717) is 45.0 Å². The second-order valence-corrected chi connectivity index (χ2v) is 16.3. The van der Waals surface area contributed by atoms with Crippen LogP contribution >= 0.6 is 0 Å². The van der Waals surface area contributed by atoms with Crippen molar-refractivity contribution >= 4 is 59.7 Å². The Labute approximate surface area is 505 Å². The first kappa shape index (κ1) is 89.0. The van der Waals surface area contributed by atoms with Crippen molar-refractivity contribution in [3.8, 4) is 0 Å². The Balaban J connectivity index is -0.000000335. The molecule has 0 radical (unpaired) electrons. The molecule has 0 spiro atoms. The number of halogens is 12. The Morgan fingerprint density at radius 3 is 0.528 bits per heavy atom. The maximum atomic E-state index is 13.3. The van der Waals surface area contributed by atoms with Crippen molar-refractivity contribution in [2.24, 2.45) is 0 Å². The molecule has 0 bridgehead atoms. The molecule has 0 unspecified atom stereocenters. The third-order valence-electron chi connectivity index (χ3n) is 9.43. The Hall–Kier alpha value is -8.74. The minimum absolute atomic E-state index is 0.218. The predicted octanol–water partition coefficient (Wildman–Crippen LogP) is 10.3. The molecule has 0 aliphatic rings. The lowest BCUT2D eigenvalue weighted by Crippen LogP contribution is -2.64. The SMILES string of the molecule is C=CC(=O)OCC(F)(F)C(F)(F)C(F)(F)C(F)(F)COC(=O)C=C.C=CC(=O)OCC(F)(F)C(F)(F)COC(=O)C=C.C=CC(=O)OCCCCCCCCCOC(=O)C=C.C=CC(=O)OCCCCCOC(=O)C=C.C=CC(=O)OCCCOC(=O)C=C. The van der Waals surface area contributed by atoms with E-state index in [-0.39, 0.29) is 37.3 Å². The van der Waals surface area contributed by atoms with Crippen LogP contribution in [0.4, 0.5) is 52.7 Å². The van der Waals surface area contributed by atoms with E-state index >= 15 is 0 Å². The first-order valence-corrected chi connectivity index (χ1v) is 25.6. The van der Waals surface area contributed by atoms with Crippen LogP contribution in [0, 0.1) is 0 Å². The number of rotatable bonds is 42. The van der Waals surface area contributed by atoms with Gasteiger partial charge < -0.3 is 47.4 Å². The molecule has 32 heteroatoms. The normalized spacial score (nSPS) is 10.7. The van der Waals surface area contributed by atoms with E-state index in [9.17, 15) is 101 Å². The minimum Gasteiger partial charge on any atom is -0.463 e. The quantitative estimate of drug-likeness (QED) is 0.0181. The highest BCUT2D eigenvalue weighted by molar-refractivity contribution is 5.84. The summed E-state index contributed by atoms with van der Waals surface area (Å²) in [6, 6.07) is 0. The maximum absolute atomic E-state index is 13.3. The van der Waals surface area contributed by atoms with Gasteiger partial charge in [-0.25, -0.2) is 47.9 Å². The topological polar surface area (TPSA) is 263 Å². The summed E-state index contributed by atoms with van der Waals surface area (Å²) in [6.45, 7) is 24.2. The average Bonchev–Trinajstić information content (AvgIpc) is 1.27. The van der Waals surface area contributed by atoms with Gasteiger partial charge in [0, 0.05) is 67.2 Å². The number of carbonyl (C=O) groups is 10. The van der Waals surface area contributed by atoms with Crippen molar-refractivity contribution in [1.29, 1.82) is 0 Å². The molecular formula is C57H72F12O20. The fourth-order valence-electron chi connectivity index (χ4n) is 4.65. The minimum atomic E-state index is -6.65. The summed E-state index contributed by atoms with van der Waals surface area (Å²) in [5.74, 6) is -42.7. The van der Waals surface area contributed by atoms with E-state index in [1.807, 2.05) is 0 Å². The largest absolute Gasteiger partial charge is 0.463 e. The van der Waals surface area contributed by atoms with E-state index in [1.54, 1.807) is 0 Å². The van der Waals surface area contributed by atoms with Gasteiger partial charge in [0.25, 0.3) is 0 Å². The molecule has 0 aromatic heterocycles. The van der Waals surface area contributed by atoms with Crippen molar-refractivity contribution in [2.75, 3.05) is 66.1 Å². The summed E-state index contributed by atoms with van der Waals surface area (Å²) in [5.41, 5.74) is 0. The number of carbonyl (C=O) groups excluding carboxylic acids is 10. The van der Waals surface area contributed by atoms with Crippen LogP contribution in [-0.4, -0.2) is 161 Å². The number of alkyl halides is 12. The van der Waals surface area contributed by atoms with E-state index in [4.69, 9.17) is 18.9 Å². The molecule has 0 aromatic rings. The molecule has 0 amide bonds. The zero-order valence-electron chi connectivity index (χ0n) is 48.4. The van der Waals surface area contributed by atoms with E-state index in [2.05, 4.69) is 94.2 Å².